The van der Waals surface area contributed by atoms with Gasteiger partial charge in [0, 0.05) is 17.5 Å². The Morgan fingerprint density at radius 3 is 2.05 bits per heavy atom. The molecule has 8 nitrogen and oxygen atoms in total. The number of hydrogen-bond acceptors (Lipinski definition) is 5. The van der Waals surface area contributed by atoms with Gasteiger partial charge >= 0.3 is 0 Å². The molecule has 2 aromatic heterocycles. The van der Waals surface area contributed by atoms with Crippen LogP contribution in [0.25, 0.3) is 5.65 Å². The Balaban J connectivity index is 0.850. The first-order valence-electron chi connectivity index (χ1n) is 21.9. The number of nitrogens with zero attached hydrogens (tertiary/aromatic N) is 3. The van der Waals surface area contributed by atoms with Crippen LogP contribution >= 0.6 is 11.6 Å². The number of hydrogen-bond donors (Lipinski definition) is 3. The molecule has 4 fully saturated rings. The highest BCUT2D eigenvalue weighted by atomic mass is 35.5. The Morgan fingerprint density at radius 2 is 1.40 bits per heavy atom. The fraction of sp³-hybridized carbons (Fsp3) is 0.521. The summed E-state index contributed by atoms with van der Waals surface area (Å²) in [5.74, 6) is 4.32. The van der Waals surface area contributed by atoms with Crippen LogP contribution in [0.3, 0.4) is 0 Å². The standard InChI is InChI=1S/C48H60ClN5O3/c1-2-3-4-5-6-7-8-9-12-42(57-41-24-18-35(19-25-41)26-34-16-22-40(55)23-17-34)47(56)50-39-20-14-33(15-21-39)11-10-13-43-51-52-46-44(49)45(53-54(43)46)48-30-36-27-37(31-48)29-38(28-36)32-48/h14-25,36-38,42,53,55H,2-13,26-32H2,1H3,(H,50,56). The molecule has 4 saturated carbocycles. The lowest BCUT2D eigenvalue weighted by Gasteiger charge is -2.56. The third-order valence-electron chi connectivity index (χ3n) is 13.2. The number of carbonyl (C=O) groups excluding carboxylic acids is 1. The zero-order chi connectivity index (χ0) is 39.2. The molecule has 302 valence electrons. The van der Waals surface area contributed by atoms with Crippen LogP contribution in [-0.2, 0) is 29.5 Å². The van der Waals surface area contributed by atoms with Crippen LogP contribution in [0.5, 0.6) is 11.5 Å². The van der Waals surface area contributed by atoms with Gasteiger partial charge in [0.2, 0.25) is 0 Å². The highest BCUT2D eigenvalue weighted by molar-refractivity contribution is 6.34. The molecule has 9 heteroatoms. The summed E-state index contributed by atoms with van der Waals surface area (Å²) >= 11 is 7.04. The first-order valence-corrected chi connectivity index (χ1v) is 22.3. The molecule has 4 aliphatic carbocycles. The van der Waals surface area contributed by atoms with Crippen molar-refractivity contribution in [2.45, 2.75) is 140 Å². The first-order chi connectivity index (χ1) is 27.8. The number of carbonyl (C=O) groups is 1. The van der Waals surface area contributed by atoms with Crippen LogP contribution in [0.4, 0.5) is 5.69 Å². The highest BCUT2D eigenvalue weighted by Crippen LogP contribution is 2.61. The number of amides is 1. The number of anilines is 1. The fourth-order valence-electron chi connectivity index (χ4n) is 10.6. The summed E-state index contributed by atoms with van der Waals surface area (Å²) in [6.45, 7) is 2.25. The van der Waals surface area contributed by atoms with E-state index in [0.29, 0.717) is 12.2 Å². The van der Waals surface area contributed by atoms with Crippen LogP contribution in [0.1, 0.15) is 138 Å². The van der Waals surface area contributed by atoms with Gasteiger partial charge in [0.25, 0.3) is 5.91 Å². The number of phenols is 1. The average molecular weight is 790 g/mol. The van der Waals surface area contributed by atoms with E-state index in [0.717, 1.165) is 89.6 Å². The molecule has 1 amide bonds. The Morgan fingerprint density at radius 1 is 0.807 bits per heavy atom. The van der Waals surface area contributed by atoms with Crippen LogP contribution in [0.15, 0.2) is 72.8 Å². The molecule has 1 atom stereocenters. The quantitative estimate of drug-likeness (QED) is 0.0681. The van der Waals surface area contributed by atoms with E-state index in [4.69, 9.17) is 16.3 Å². The van der Waals surface area contributed by atoms with Crippen molar-refractivity contribution in [2.24, 2.45) is 17.8 Å². The minimum atomic E-state index is -0.585. The Hall–Kier alpha value is -4.30. The monoisotopic (exact) mass is 789 g/mol. The van der Waals surface area contributed by atoms with Crippen LogP contribution in [0, 0.1) is 17.8 Å². The molecule has 0 spiro atoms. The Kier molecular flexibility index (Phi) is 12.5. The third kappa shape index (κ3) is 9.54. The number of aromatic nitrogens is 4. The Labute approximate surface area is 343 Å². The van der Waals surface area contributed by atoms with E-state index < -0.39 is 6.10 Å². The van der Waals surface area contributed by atoms with E-state index in [2.05, 4.69) is 39.7 Å². The number of aryl methyl sites for hydroxylation is 2. The normalized spacial score (nSPS) is 21.6. The minimum absolute atomic E-state index is 0.118. The van der Waals surface area contributed by atoms with Gasteiger partial charge in [-0.1, -0.05) is 99.9 Å². The van der Waals surface area contributed by atoms with Crippen molar-refractivity contribution in [3.63, 3.8) is 0 Å². The van der Waals surface area contributed by atoms with E-state index in [-0.39, 0.29) is 17.1 Å². The number of phenolic OH excluding ortho intramolecular Hbond substituents is 1. The summed E-state index contributed by atoms with van der Waals surface area (Å²) in [6, 6.07) is 23.5. The summed E-state index contributed by atoms with van der Waals surface area (Å²) < 4.78 is 8.42. The highest BCUT2D eigenvalue weighted by Gasteiger charge is 2.53. The Bertz CT molecular complexity index is 2030. The van der Waals surface area contributed by atoms with E-state index in [1.807, 2.05) is 53.0 Å². The van der Waals surface area contributed by atoms with Crippen molar-refractivity contribution in [3.8, 4) is 11.5 Å². The average Bonchev–Trinajstić information content (AvgIpc) is 3.77. The van der Waals surface area contributed by atoms with Crippen LogP contribution < -0.4 is 10.1 Å². The van der Waals surface area contributed by atoms with E-state index in [1.54, 1.807) is 12.1 Å². The molecule has 1 unspecified atom stereocenters. The van der Waals surface area contributed by atoms with Gasteiger partial charge in [-0.2, -0.15) is 0 Å². The zero-order valence-corrected chi connectivity index (χ0v) is 34.4. The number of nitrogens with one attached hydrogen (secondary N) is 2. The predicted octanol–water partition coefficient (Wildman–Crippen LogP) is 11.6. The van der Waals surface area contributed by atoms with Crippen molar-refractivity contribution in [1.82, 2.24) is 19.8 Å². The van der Waals surface area contributed by atoms with E-state index in [9.17, 15) is 9.90 Å². The molecule has 5 aromatic rings. The summed E-state index contributed by atoms with van der Waals surface area (Å²) in [7, 11) is 0. The molecule has 4 bridgehead atoms. The van der Waals surface area contributed by atoms with Gasteiger partial charge in [-0.15, -0.1) is 10.2 Å². The van der Waals surface area contributed by atoms with Gasteiger partial charge in [-0.3, -0.25) is 9.89 Å². The summed E-state index contributed by atoms with van der Waals surface area (Å²) in [4.78, 5) is 13.7. The molecule has 0 radical (unpaired) electrons. The van der Waals surface area contributed by atoms with Crippen molar-refractivity contribution in [1.29, 1.82) is 0 Å². The van der Waals surface area contributed by atoms with E-state index >= 15 is 0 Å². The van der Waals surface area contributed by atoms with Crippen molar-refractivity contribution in [2.75, 3.05) is 5.32 Å². The maximum atomic E-state index is 13.7. The third-order valence-corrected chi connectivity index (χ3v) is 13.5. The molecule has 0 aliphatic heterocycles. The maximum Gasteiger partial charge on any atom is 0.265 e. The molecule has 57 heavy (non-hydrogen) atoms. The summed E-state index contributed by atoms with van der Waals surface area (Å²) in [5.41, 5.74) is 6.41. The number of H-pyrrole nitrogens is 1. The van der Waals surface area contributed by atoms with Crippen molar-refractivity contribution < 1.29 is 14.6 Å². The number of aromatic amines is 1. The van der Waals surface area contributed by atoms with Crippen molar-refractivity contribution in [3.05, 3.63) is 106 Å². The van der Waals surface area contributed by atoms with Gasteiger partial charge in [0.05, 0.1) is 5.69 Å². The number of ether oxygens (including phenoxy) is 1. The molecular formula is C48H60ClN5O3. The fourth-order valence-corrected chi connectivity index (χ4v) is 11.0. The molecule has 0 saturated heterocycles. The molecule has 3 N–H and O–H groups in total. The number of aromatic hydroxyl groups is 1. The molecule has 2 heterocycles. The number of rotatable bonds is 20. The molecule has 4 aliphatic rings. The van der Waals surface area contributed by atoms with Crippen LogP contribution in [-0.4, -0.2) is 36.9 Å². The van der Waals surface area contributed by atoms with Gasteiger partial charge in [0.15, 0.2) is 17.6 Å². The van der Waals surface area contributed by atoms with Gasteiger partial charge in [-0.05, 0) is 141 Å². The van der Waals surface area contributed by atoms with E-state index in [1.165, 1.54) is 88.3 Å². The number of fused-ring (bicyclic) bond motifs is 1. The topological polar surface area (TPSA) is 105 Å². The lowest BCUT2D eigenvalue weighted by atomic mass is 9.49. The SMILES string of the molecule is CCCCCCCCCCC(Oc1ccc(Cc2ccc(O)cc2)cc1)C(=O)Nc1ccc(CCCc2nnc3c(Cl)c(C45CC6CC(CC(C6)C4)C5)[nH]n23)cc1. The lowest BCUT2D eigenvalue weighted by molar-refractivity contribution is -0.123. The van der Waals surface area contributed by atoms with Gasteiger partial charge < -0.3 is 15.2 Å². The zero-order valence-electron chi connectivity index (χ0n) is 33.7. The minimum Gasteiger partial charge on any atom is -0.508 e. The number of unbranched alkanes of at least 4 members (excludes halogenated alkanes) is 7. The summed E-state index contributed by atoms with van der Waals surface area (Å²) in [5, 5.41) is 26.3. The van der Waals surface area contributed by atoms with Gasteiger partial charge in [0.1, 0.15) is 16.5 Å². The number of halogens is 1. The lowest BCUT2D eigenvalue weighted by Crippen LogP contribution is -2.48. The first kappa shape index (κ1) is 39.5. The van der Waals surface area contributed by atoms with Crippen molar-refractivity contribution >= 4 is 28.8 Å². The second-order valence-corrected chi connectivity index (χ2v) is 18.0. The smallest absolute Gasteiger partial charge is 0.265 e. The predicted molar refractivity (Wildman–Crippen MR) is 228 cm³/mol. The maximum absolute atomic E-state index is 13.7. The number of benzene rings is 3. The molecule has 9 rings (SSSR count). The summed E-state index contributed by atoms with van der Waals surface area (Å²) in [6.07, 6.45) is 21.1. The van der Waals surface area contributed by atoms with Gasteiger partial charge in [-0.25, -0.2) is 4.52 Å². The molecule has 3 aromatic carbocycles. The second kappa shape index (κ2) is 18.1. The van der Waals surface area contributed by atoms with Crippen LogP contribution in [0.2, 0.25) is 5.02 Å². The largest absolute Gasteiger partial charge is 0.508 e. The second-order valence-electron chi connectivity index (χ2n) is 17.7. The molecular weight excluding hydrogens is 730 g/mol.